The molecule has 1 aromatic carbocycles. The molecule has 0 aliphatic heterocycles. The number of nitrogens with one attached hydrogen (secondary N) is 1. The van der Waals surface area contributed by atoms with E-state index >= 15 is 0 Å². The quantitative estimate of drug-likeness (QED) is 0.428. The van der Waals surface area contributed by atoms with Crippen LogP contribution in [-0.4, -0.2) is 34.3 Å². The average Bonchev–Trinajstić information content (AvgIpc) is 3.12. The van der Waals surface area contributed by atoms with E-state index in [2.05, 4.69) is 29.4 Å². The first-order chi connectivity index (χ1) is 15.5. The van der Waals surface area contributed by atoms with Crippen LogP contribution in [-0.2, 0) is 11.2 Å². The number of anilines is 1. The van der Waals surface area contributed by atoms with E-state index in [1.807, 2.05) is 26.0 Å². The van der Waals surface area contributed by atoms with E-state index in [1.165, 1.54) is 49.0 Å². The molecule has 1 aromatic heterocycles. The predicted molar refractivity (Wildman–Crippen MR) is 132 cm³/mol. The number of carbonyl (C=O) groups excluding carboxylic acids is 2. The highest BCUT2D eigenvalue weighted by Gasteiger charge is 2.28. The van der Waals surface area contributed by atoms with Gasteiger partial charge in [-0.15, -0.1) is 11.3 Å². The van der Waals surface area contributed by atoms with E-state index in [1.54, 1.807) is 4.90 Å². The maximum atomic E-state index is 13.4. The van der Waals surface area contributed by atoms with Gasteiger partial charge in [0.05, 0.1) is 5.69 Å². The highest BCUT2D eigenvalue weighted by atomic mass is 32.1. The molecule has 0 radical (unpaired) electrons. The second-order valence-corrected chi connectivity index (χ2v) is 10.1. The molecule has 32 heavy (non-hydrogen) atoms. The van der Waals surface area contributed by atoms with Crippen molar-refractivity contribution in [1.82, 2.24) is 9.88 Å². The number of benzene rings is 1. The van der Waals surface area contributed by atoms with E-state index in [0.717, 1.165) is 42.7 Å². The van der Waals surface area contributed by atoms with E-state index in [4.69, 9.17) is 0 Å². The number of carbonyl (C=O) groups is 2. The zero-order valence-electron chi connectivity index (χ0n) is 19.8. The fourth-order valence-electron chi connectivity index (χ4n) is 4.33. The van der Waals surface area contributed by atoms with Crippen LogP contribution in [0.25, 0.3) is 0 Å². The molecular weight excluding hydrogens is 418 g/mol. The highest BCUT2D eigenvalue weighted by Crippen LogP contribution is 2.25. The van der Waals surface area contributed by atoms with Gasteiger partial charge in [-0.25, -0.2) is 4.98 Å². The first kappa shape index (κ1) is 24.4. The van der Waals surface area contributed by atoms with Gasteiger partial charge in [0.15, 0.2) is 5.13 Å². The van der Waals surface area contributed by atoms with Crippen molar-refractivity contribution in [3.05, 3.63) is 46.0 Å². The molecule has 1 N–H and O–H groups in total. The van der Waals surface area contributed by atoms with Gasteiger partial charge in [0.1, 0.15) is 6.54 Å². The zero-order chi connectivity index (χ0) is 22.9. The summed E-state index contributed by atoms with van der Waals surface area (Å²) >= 11 is 1.47. The van der Waals surface area contributed by atoms with Crippen LogP contribution in [0.5, 0.6) is 0 Å². The monoisotopic (exact) mass is 455 g/mol. The Balaban J connectivity index is 1.67. The largest absolute Gasteiger partial charge is 0.326 e. The lowest BCUT2D eigenvalue weighted by Gasteiger charge is -2.34. The van der Waals surface area contributed by atoms with Gasteiger partial charge in [0, 0.05) is 16.5 Å². The van der Waals surface area contributed by atoms with E-state index in [-0.39, 0.29) is 24.4 Å². The molecule has 0 bridgehead atoms. The molecule has 0 unspecified atom stereocenters. The summed E-state index contributed by atoms with van der Waals surface area (Å²) in [5.41, 5.74) is 2.87. The fourth-order valence-corrected chi connectivity index (χ4v) is 5.17. The molecule has 5 nitrogen and oxygen atoms in total. The van der Waals surface area contributed by atoms with Crippen molar-refractivity contribution in [2.45, 2.75) is 91.0 Å². The van der Waals surface area contributed by atoms with Gasteiger partial charge in [0.2, 0.25) is 5.91 Å². The maximum Gasteiger partial charge on any atom is 0.254 e. The Morgan fingerprint density at radius 3 is 2.41 bits per heavy atom. The van der Waals surface area contributed by atoms with Crippen LogP contribution in [0, 0.1) is 13.8 Å². The number of unbranched alkanes of at least 4 members (excludes halogenated alkanes) is 3. The number of hydrogen-bond donors (Lipinski definition) is 1. The van der Waals surface area contributed by atoms with Gasteiger partial charge in [-0.3, -0.25) is 9.59 Å². The third kappa shape index (κ3) is 6.89. The summed E-state index contributed by atoms with van der Waals surface area (Å²) in [7, 11) is 0. The topological polar surface area (TPSA) is 62.3 Å². The van der Waals surface area contributed by atoms with E-state index in [0.29, 0.717) is 10.7 Å². The summed E-state index contributed by atoms with van der Waals surface area (Å²) in [4.78, 5) is 33.5. The van der Waals surface area contributed by atoms with Gasteiger partial charge in [-0.05, 0) is 57.2 Å². The second kappa shape index (κ2) is 12.1. The van der Waals surface area contributed by atoms with Gasteiger partial charge in [-0.1, -0.05) is 57.6 Å². The van der Waals surface area contributed by atoms with Crippen molar-refractivity contribution in [2.75, 3.05) is 11.9 Å². The van der Waals surface area contributed by atoms with E-state index in [9.17, 15) is 9.59 Å². The Morgan fingerprint density at radius 1 is 1.06 bits per heavy atom. The Hall–Kier alpha value is -2.21. The number of aromatic nitrogens is 1. The molecular formula is C26H37N3O2S. The summed E-state index contributed by atoms with van der Waals surface area (Å²) < 4.78 is 0. The minimum absolute atomic E-state index is 0.0453. The summed E-state index contributed by atoms with van der Waals surface area (Å²) in [5.74, 6) is -0.221. The van der Waals surface area contributed by atoms with Crippen LogP contribution in [0.1, 0.15) is 91.2 Å². The predicted octanol–water partition coefficient (Wildman–Crippen LogP) is 6.30. The van der Waals surface area contributed by atoms with Crippen molar-refractivity contribution in [2.24, 2.45) is 0 Å². The maximum absolute atomic E-state index is 13.4. The van der Waals surface area contributed by atoms with Crippen LogP contribution >= 0.6 is 11.3 Å². The smallest absolute Gasteiger partial charge is 0.254 e. The van der Waals surface area contributed by atoms with Crippen molar-refractivity contribution in [3.8, 4) is 0 Å². The molecule has 1 heterocycles. The molecule has 0 saturated heterocycles. The number of amides is 2. The Labute approximate surface area is 196 Å². The lowest BCUT2D eigenvalue weighted by atomic mass is 9.93. The van der Waals surface area contributed by atoms with Crippen molar-refractivity contribution >= 4 is 28.3 Å². The number of rotatable bonds is 10. The van der Waals surface area contributed by atoms with Gasteiger partial charge < -0.3 is 10.2 Å². The van der Waals surface area contributed by atoms with Crippen LogP contribution in [0.15, 0.2) is 24.3 Å². The van der Waals surface area contributed by atoms with Gasteiger partial charge in [0.25, 0.3) is 5.91 Å². The minimum Gasteiger partial charge on any atom is -0.326 e. The molecule has 3 rings (SSSR count). The van der Waals surface area contributed by atoms with Crippen LogP contribution < -0.4 is 5.32 Å². The molecule has 174 valence electrons. The van der Waals surface area contributed by atoms with Crippen LogP contribution in [0.2, 0.25) is 0 Å². The van der Waals surface area contributed by atoms with Crippen molar-refractivity contribution < 1.29 is 9.59 Å². The first-order valence-corrected chi connectivity index (χ1v) is 12.9. The molecule has 1 saturated carbocycles. The van der Waals surface area contributed by atoms with Gasteiger partial charge in [-0.2, -0.15) is 0 Å². The number of aryl methyl sites for hydroxylation is 3. The molecule has 0 spiro atoms. The highest BCUT2D eigenvalue weighted by molar-refractivity contribution is 7.15. The SMILES string of the molecule is CCCCCCc1ccc(C(=O)N(CC(=O)Nc2nc(C)c(C)s2)C2CCCCC2)cc1. The Kier molecular flexibility index (Phi) is 9.27. The lowest BCUT2D eigenvalue weighted by molar-refractivity contribution is -0.117. The molecule has 0 atom stereocenters. The van der Waals surface area contributed by atoms with Gasteiger partial charge >= 0.3 is 0 Å². The van der Waals surface area contributed by atoms with Crippen molar-refractivity contribution in [3.63, 3.8) is 0 Å². The second-order valence-electron chi connectivity index (χ2n) is 8.94. The number of thiazole rings is 1. The standard InChI is InChI=1S/C26H37N3O2S/c1-4-5-6-8-11-21-14-16-22(17-15-21)25(31)29(23-12-9-7-10-13-23)18-24(30)28-26-27-19(2)20(3)32-26/h14-17,23H,4-13,18H2,1-3H3,(H,27,28,30). The third-order valence-corrected chi connectivity index (χ3v) is 7.37. The Bertz CT molecular complexity index is 865. The van der Waals surface area contributed by atoms with Crippen molar-refractivity contribution in [1.29, 1.82) is 0 Å². The number of nitrogens with zero attached hydrogens (tertiary/aromatic N) is 2. The normalized spacial score (nSPS) is 14.3. The summed E-state index contributed by atoms with van der Waals surface area (Å²) in [6.07, 6.45) is 11.3. The summed E-state index contributed by atoms with van der Waals surface area (Å²) in [6.45, 7) is 6.22. The van der Waals surface area contributed by atoms with Crippen LogP contribution in [0.3, 0.4) is 0 Å². The lowest BCUT2D eigenvalue weighted by Crippen LogP contribution is -2.45. The minimum atomic E-state index is -0.176. The van der Waals surface area contributed by atoms with E-state index < -0.39 is 0 Å². The summed E-state index contributed by atoms with van der Waals surface area (Å²) in [6, 6.07) is 8.12. The molecule has 1 aliphatic rings. The molecule has 6 heteroatoms. The number of hydrogen-bond acceptors (Lipinski definition) is 4. The molecule has 2 aromatic rings. The first-order valence-electron chi connectivity index (χ1n) is 12.1. The zero-order valence-corrected chi connectivity index (χ0v) is 20.6. The summed E-state index contributed by atoms with van der Waals surface area (Å²) in [5, 5.41) is 3.50. The molecule has 1 aliphatic carbocycles. The molecule has 1 fully saturated rings. The van der Waals surface area contributed by atoms with Crippen LogP contribution in [0.4, 0.5) is 5.13 Å². The third-order valence-electron chi connectivity index (χ3n) is 6.39. The average molecular weight is 456 g/mol. The fraction of sp³-hybridized carbons (Fsp3) is 0.577. The Morgan fingerprint density at radius 2 is 1.78 bits per heavy atom. The molecule has 2 amide bonds.